The molecule has 3 aliphatic rings. The van der Waals surface area contributed by atoms with E-state index in [4.69, 9.17) is 0 Å². The zero-order chi connectivity index (χ0) is 27.0. The maximum Gasteiger partial charge on any atom is 0.255 e. The highest BCUT2D eigenvalue weighted by atomic mass is 16.2. The zero-order valence-corrected chi connectivity index (χ0v) is 20.7. The van der Waals surface area contributed by atoms with Crippen LogP contribution in [0.15, 0.2) is 54.2 Å². The summed E-state index contributed by atoms with van der Waals surface area (Å²) in [7, 11) is 0. The fourth-order valence-corrected chi connectivity index (χ4v) is 5.30. The number of amides is 4. The van der Waals surface area contributed by atoms with Gasteiger partial charge in [0.25, 0.3) is 5.91 Å². The van der Waals surface area contributed by atoms with E-state index < -0.39 is 11.9 Å². The molecule has 1 saturated heterocycles. The Morgan fingerprint density at radius 3 is 2.39 bits per heavy atom. The van der Waals surface area contributed by atoms with Crippen LogP contribution < -0.4 is 16.0 Å². The van der Waals surface area contributed by atoms with Crippen LogP contribution in [-0.4, -0.2) is 46.1 Å². The van der Waals surface area contributed by atoms with E-state index in [1.807, 2.05) is 6.07 Å². The minimum Gasteiger partial charge on any atom is -0.361 e. The predicted molar refractivity (Wildman–Crippen MR) is 137 cm³/mol. The molecule has 1 unspecified atom stereocenters. The smallest absolute Gasteiger partial charge is 0.255 e. The van der Waals surface area contributed by atoms with Gasteiger partial charge in [0, 0.05) is 67.4 Å². The number of ketones is 2. The normalized spacial score (nSPS) is 21.2. The molecule has 38 heavy (non-hydrogen) atoms. The van der Waals surface area contributed by atoms with Gasteiger partial charge >= 0.3 is 0 Å². The summed E-state index contributed by atoms with van der Waals surface area (Å²) in [5.41, 5.74) is 3.00. The summed E-state index contributed by atoms with van der Waals surface area (Å²) in [6.07, 6.45) is 2.03. The van der Waals surface area contributed by atoms with Crippen LogP contribution in [0, 0.1) is 0 Å². The molecule has 2 heterocycles. The number of piperidine rings is 1. The number of fused-ring (bicyclic) bond motifs is 1. The number of rotatable bonds is 5. The van der Waals surface area contributed by atoms with Crippen LogP contribution in [0.3, 0.4) is 0 Å². The van der Waals surface area contributed by atoms with Crippen molar-refractivity contribution >= 4 is 46.6 Å². The Kier molecular flexibility index (Phi) is 6.62. The number of allylic oxidation sites excluding steroid dienone is 1. The topological polar surface area (TPSA) is 142 Å². The molecule has 0 spiro atoms. The number of hydrogen-bond acceptors (Lipinski definition) is 7. The van der Waals surface area contributed by atoms with Gasteiger partial charge in [0.15, 0.2) is 11.6 Å². The molecule has 5 rings (SSSR count). The van der Waals surface area contributed by atoms with Crippen LogP contribution in [0.25, 0.3) is 0 Å². The van der Waals surface area contributed by atoms with Gasteiger partial charge < -0.3 is 15.5 Å². The van der Waals surface area contributed by atoms with Crippen LogP contribution in [-0.2, 0) is 30.5 Å². The predicted octanol–water partition coefficient (Wildman–Crippen LogP) is 2.42. The minimum absolute atomic E-state index is 0.0437. The van der Waals surface area contributed by atoms with Crippen LogP contribution >= 0.6 is 0 Å². The first-order chi connectivity index (χ1) is 18.2. The average molecular weight is 515 g/mol. The Morgan fingerprint density at radius 2 is 1.68 bits per heavy atom. The number of carbonyl (C=O) groups is 6. The molecule has 194 valence electrons. The van der Waals surface area contributed by atoms with E-state index in [2.05, 4.69) is 16.0 Å². The van der Waals surface area contributed by atoms with Crippen LogP contribution in [0.5, 0.6) is 0 Å². The van der Waals surface area contributed by atoms with Crippen LogP contribution in [0.1, 0.15) is 60.0 Å². The number of benzene rings is 2. The molecule has 2 aromatic rings. The molecule has 2 aromatic carbocycles. The SMILES string of the molecule is CC(=O)Nc1ccccc1C1CC(=O)C(=CNc2cccc3c2CN(C2CCC(=O)NC2=O)C3=O)C(=O)C1. The van der Waals surface area contributed by atoms with Gasteiger partial charge in [0.1, 0.15) is 6.04 Å². The minimum atomic E-state index is -0.738. The monoisotopic (exact) mass is 514 g/mol. The number of nitrogens with one attached hydrogen (secondary N) is 3. The highest BCUT2D eigenvalue weighted by molar-refractivity contribution is 6.22. The first kappa shape index (κ1) is 25.1. The molecule has 0 bridgehead atoms. The quantitative estimate of drug-likeness (QED) is 0.316. The summed E-state index contributed by atoms with van der Waals surface area (Å²) >= 11 is 0. The summed E-state index contributed by atoms with van der Waals surface area (Å²) in [4.78, 5) is 75.9. The lowest BCUT2D eigenvalue weighted by Crippen LogP contribution is -2.52. The first-order valence-corrected chi connectivity index (χ1v) is 12.4. The van der Waals surface area contributed by atoms with Gasteiger partial charge in [-0.25, -0.2) is 0 Å². The van der Waals surface area contributed by atoms with Gasteiger partial charge in [-0.15, -0.1) is 0 Å². The van der Waals surface area contributed by atoms with Crippen LogP contribution in [0.2, 0.25) is 0 Å². The Bertz CT molecular complexity index is 1410. The lowest BCUT2D eigenvalue weighted by atomic mass is 9.79. The van der Waals surface area contributed by atoms with E-state index in [1.54, 1.807) is 36.4 Å². The number of nitrogens with zero attached hydrogens (tertiary/aromatic N) is 1. The molecule has 1 atom stereocenters. The first-order valence-electron chi connectivity index (χ1n) is 12.4. The van der Waals surface area contributed by atoms with E-state index in [0.29, 0.717) is 22.5 Å². The molecule has 2 fully saturated rings. The molecule has 1 aliphatic carbocycles. The summed E-state index contributed by atoms with van der Waals surface area (Å²) in [6.45, 7) is 1.56. The van der Waals surface area contributed by atoms with Gasteiger partial charge in [-0.3, -0.25) is 34.1 Å². The Hall–Kier alpha value is -4.60. The third kappa shape index (κ3) is 4.72. The van der Waals surface area contributed by atoms with Crippen molar-refractivity contribution in [3.8, 4) is 0 Å². The van der Waals surface area contributed by atoms with E-state index >= 15 is 0 Å². The molecule has 0 aromatic heterocycles. The number of Topliss-reactive ketones (excluding diaryl/α,β-unsaturated/α-hetero) is 2. The lowest BCUT2D eigenvalue weighted by Gasteiger charge is -2.29. The van der Waals surface area contributed by atoms with Gasteiger partial charge in [-0.2, -0.15) is 0 Å². The maximum absolute atomic E-state index is 13.0. The number of hydrogen-bond donors (Lipinski definition) is 3. The van der Waals surface area contributed by atoms with Crippen LogP contribution in [0.4, 0.5) is 11.4 Å². The molecule has 2 aliphatic heterocycles. The summed E-state index contributed by atoms with van der Waals surface area (Å²) < 4.78 is 0. The highest BCUT2D eigenvalue weighted by Gasteiger charge is 2.40. The van der Waals surface area contributed by atoms with E-state index in [0.717, 1.165) is 5.56 Å². The molecule has 1 saturated carbocycles. The van der Waals surface area contributed by atoms with Crippen molar-refractivity contribution in [3.63, 3.8) is 0 Å². The number of anilines is 2. The third-order valence-corrected chi connectivity index (χ3v) is 7.13. The lowest BCUT2D eigenvalue weighted by molar-refractivity contribution is -0.137. The standard InChI is InChI=1S/C28H26N4O6/c1-15(33)30-22-7-3-2-5-17(22)16-11-24(34)19(25(35)12-16)13-29-21-8-4-6-18-20(21)14-32(28(18)38)23-9-10-26(36)31-27(23)37/h2-8,13,16,23,29H,9-12,14H2,1H3,(H,30,33)(H,31,36,37). The number of carbonyl (C=O) groups excluding carboxylic acids is 6. The van der Waals surface area contributed by atoms with Crippen molar-refractivity contribution in [1.82, 2.24) is 10.2 Å². The van der Waals surface area contributed by atoms with Gasteiger partial charge in [0.2, 0.25) is 17.7 Å². The summed E-state index contributed by atoms with van der Waals surface area (Å²) in [5, 5.41) is 8.07. The van der Waals surface area contributed by atoms with Crippen molar-refractivity contribution in [2.75, 3.05) is 10.6 Å². The van der Waals surface area contributed by atoms with E-state index in [-0.39, 0.29) is 73.0 Å². The molecule has 0 radical (unpaired) electrons. The number of para-hydroxylation sites is 1. The molecule has 10 heteroatoms. The Morgan fingerprint density at radius 1 is 0.974 bits per heavy atom. The fraction of sp³-hybridized carbons (Fsp3) is 0.286. The van der Waals surface area contributed by atoms with Crippen molar-refractivity contribution in [2.24, 2.45) is 0 Å². The van der Waals surface area contributed by atoms with Crippen molar-refractivity contribution < 1.29 is 28.8 Å². The zero-order valence-electron chi connectivity index (χ0n) is 20.7. The summed E-state index contributed by atoms with van der Waals surface area (Å²) in [6, 6.07) is 11.5. The van der Waals surface area contributed by atoms with Gasteiger partial charge in [0.05, 0.1) is 5.57 Å². The van der Waals surface area contributed by atoms with Crippen molar-refractivity contribution in [1.29, 1.82) is 0 Å². The maximum atomic E-state index is 13.0. The third-order valence-electron chi connectivity index (χ3n) is 7.13. The van der Waals surface area contributed by atoms with E-state index in [1.165, 1.54) is 18.0 Å². The van der Waals surface area contributed by atoms with Gasteiger partial charge in [-0.05, 0) is 30.2 Å². The highest BCUT2D eigenvalue weighted by Crippen LogP contribution is 2.36. The van der Waals surface area contributed by atoms with Gasteiger partial charge in [-0.1, -0.05) is 24.3 Å². The second-order valence-corrected chi connectivity index (χ2v) is 9.65. The van der Waals surface area contributed by atoms with E-state index in [9.17, 15) is 28.8 Å². The van der Waals surface area contributed by atoms with Crippen molar-refractivity contribution in [2.45, 2.75) is 51.1 Å². The molecule has 10 nitrogen and oxygen atoms in total. The molecule has 3 N–H and O–H groups in total. The Balaban J connectivity index is 1.33. The fourth-order valence-electron chi connectivity index (χ4n) is 5.30. The molecular weight excluding hydrogens is 488 g/mol. The average Bonchev–Trinajstić information content (AvgIpc) is 3.20. The van der Waals surface area contributed by atoms with Crippen molar-refractivity contribution in [3.05, 3.63) is 70.9 Å². The summed E-state index contributed by atoms with van der Waals surface area (Å²) in [5.74, 6) is -2.37. The second kappa shape index (κ2) is 10.0. The second-order valence-electron chi connectivity index (χ2n) is 9.65. The number of imide groups is 1. The largest absolute Gasteiger partial charge is 0.361 e. The molecular formula is C28H26N4O6. The Labute approximate surface area is 218 Å². The molecule has 4 amide bonds.